The number of hydrogen-bond donors (Lipinski definition) is 2. The second-order valence-corrected chi connectivity index (χ2v) is 5.02. The molecule has 2 unspecified atom stereocenters. The Kier molecular flexibility index (Phi) is 3.25. The van der Waals surface area contributed by atoms with Gasteiger partial charge >= 0.3 is 6.01 Å². The van der Waals surface area contributed by atoms with Gasteiger partial charge < -0.3 is 20.4 Å². The summed E-state index contributed by atoms with van der Waals surface area (Å²) in [5.74, 6) is 0.454. The fourth-order valence-electron chi connectivity index (χ4n) is 2.15. The van der Waals surface area contributed by atoms with Gasteiger partial charge in [0, 0.05) is 20.1 Å². The van der Waals surface area contributed by atoms with Crippen LogP contribution in [0.2, 0.25) is 0 Å². The second kappa shape index (κ2) is 4.56. The molecule has 3 N–H and O–H groups in total. The zero-order valence-electron chi connectivity index (χ0n) is 10.9. The minimum absolute atomic E-state index is 0.0388. The summed E-state index contributed by atoms with van der Waals surface area (Å²) in [7, 11) is 1.65. The van der Waals surface area contributed by atoms with E-state index in [4.69, 9.17) is 10.2 Å². The summed E-state index contributed by atoms with van der Waals surface area (Å²) in [6, 6.07) is 0.161. The van der Waals surface area contributed by atoms with Crippen LogP contribution >= 0.6 is 0 Å². The molecule has 0 aromatic carbocycles. The first-order valence-corrected chi connectivity index (χ1v) is 6.02. The van der Waals surface area contributed by atoms with Crippen LogP contribution in [0.3, 0.4) is 0 Å². The molecule has 1 aliphatic rings. The van der Waals surface area contributed by atoms with Gasteiger partial charge in [-0.05, 0) is 20.3 Å². The van der Waals surface area contributed by atoms with E-state index in [1.807, 2.05) is 11.8 Å². The average Bonchev–Trinajstić information content (AvgIpc) is 2.95. The van der Waals surface area contributed by atoms with Crippen molar-refractivity contribution >= 4 is 11.9 Å². The smallest absolute Gasteiger partial charge is 0.318 e. The summed E-state index contributed by atoms with van der Waals surface area (Å²) in [6.45, 7) is 5.03. The van der Waals surface area contributed by atoms with Gasteiger partial charge in [-0.1, -0.05) is 5.10 Å². The third-order valence-corrected chi connectivity index (χ3v) is 3.34. The number of anilines is 1. The highest BCUT2D eigenvalue weighted by atomic mass is 16.4. The van der Waals surface area contributed by atoms with E-state index in [0.29, 0.717) is 18.5 Å². The fourth-order valence-corrected chi connectivity index (χ4v) is 2.15. The molecule has 2 atom stereocenters. The number of rotatable bonds is 3. The molecule has 100 valence electrons. The largest absolute Gasteiger partial charge is 0.406 e. The summed E-state index contributed by atoms with van der Waals surface area (Å²) >= 11 is 0. The molecule has 7 nitrogen and oxygen atoms in total. The Bertz CT molecular complexity index is 444. The molecular weight excluding hydrogens is 234 g/mol. The summed E-state index contributed by atoms with van der Waals surface area (Å²) in [6.07, 6.45) is 0.766. The first kappa shape index (κ1) is 12.8. The number of nitrogens with two attached hydrogens (primary N) is 1. The van der Waals surface area contributed by atoms with Crippen molar-refractivity contribution in [1.82, 2.24) is 15.5 Å². The number of hydrogen-bond acceptors (Lipinski definition) is 6. The maximum Gasteiger partial charge on any atom is 0.318 e. The fraction of sp³-hybridized carbons (Fsp3) is 0.727. The molecule has 0 spiro atoms. The minimum Gasteiger partial charge on any atom is -0.406 e. The van der Waals surface area contributed by atoms with Crippen LogP contribution in [0.15, 0.2) is 4.42 Å². The molecule has 0 aliphatic carbocycles. The first-order valence-electron chi connectivity index (χ1n) is 6.02. The summed E-state index contributed by atoms with van der Waals surface area (Å²) in [4.78, 5) is 13.7. The number of carbonyl (C=O) groups is 1. The number of carbonyl (C=O) groups excluding carboxylic acids is 1. The Balaban J connectivity index is 2.10. The van der Waals surface area contributed by atoms with Crippen LogP contribution in [-0.2, 0) is 4.79 Å². The van der Waals surface area contributed by atoms with Crippen LogP contribution in [0, 0.1) is 5.41 Å². The van der Waals surface area contributed by atoms with Crippen molar-refractivity contribution in [3.05, 3.63) is 5.89 Å². The lowest BCUT2D eigenvalue weighted by Crippen LogP contribution is -2.39. The van der Waals surface area contributed by atoms with Crippen molar-refractivity contribution in [1.29, 1.82) is 0 Å². The van der Waals surface area contributed by atoms with Crippen LogP contribution in [0.4, 0.5) is 6.01 Å². The van der Waals surface area contributed by atoms with Gasteiger partial charge in [0.2, 0.25) is 11.8 Å². The van der Waals surface area contributed by atoms with Gasteiger partial charge in [0.25, 0.3) is 0 Å². The highest BCUT2D eigenvalue weighted by molar-refractivity contribution is 5.83. The lowest BCUT2D eigenvalue weighted by Gasteiger charge is -2.21. The normalized spacial score (nSPS) is 25.2. The lowest BCUT2D eigenvalue weighted by molar-refractivity contribution is -0.128. The van der Waals surface area contributed by atoms with Crippen molar-refractivity contribution < 1.29 is 9.21 Å². The molecule has 1 fully saturated rings. The van der Waals surface area contributed by atoms with E-state index in [1.165, 1.54) is 0 Å². The highest BCUT2D eigenvalue weighted by Gasteiger charge is 2.41. The van der Waals surface area contributed by atoms with Gasteiger partial charge in [-0.15, -0.1) is 5.10 Å². The SMILES string of the molecule is CNC(=O)C1(C)CCN(c2nnc(C(C)N)o2)C1. The summed E-state index contributed by atoms with van der Waals surface area (Å²) < 4.78 is 5.48. The zero-order valence-corrected chi connectivity index (χ0v) is 10.9. The maximum absolute atomic E-state index is 11.8. The molecule has 1 saturated heterocycles. The maximum atomic E-state index is 11.8. The summed E-state index contributed by atoms with van der Waals surface area (Å²) in [5, 5.41) is 10.5. The third kappa shape index (κ3) is 2.17. The minimum atomic E-state index is -0.405. The van der Waals surface area contributed by atoms with Crippen molar-refractivity contribution in [2.45, 2.75) is 26.3 Å². The van der Waals surface area contributed by atoms with Gasteiger partial charge in [0.15, 0.2) is 0 Å². The van der Waals surface area contributed by atoms with Crippen LogP contribution in [0.5, 0.6) is 0 Å². The monoisotopic (exact) mass is 253 g/mol. The molecule has 2 rings (SSSR count). The van der Waals surface area contributed by atoms with Crippen molar-refractivity contribution in [2.24, 2.45) is 11.1 Å². The van der Waals surface area contributed by atoms with E-state index in [2.05, 4.69) is 15.5 Å². The quantitative estimate of drug-likeness (QED) is 0.790. The third-order valence-electron chi connectivity index (χ3n) is 3.34. The van der Waals surface area contributed by atoms with Crippen molar-refractivity contribution in [2.75, 3.05) is 25.0 Å². The highest BCUT2D eigenvalue weighted by Crippen LogP contribution is 2.33. The van der Waals surface area contributed by atoms with E-state index in [0.717, 1.165) is 13.0 Å². The van der Waals surface area contributed by atoms with Crippen LogP contribution < -0.4 is 16.0 Å². The molecular formula is C11H19N5O2. The van der Waals surface area contributed by atoms with E-state index < -0.39 is 5.41 Å². The van der Waals surface area contributed by atoms with Crippen LogP contribution in [0.25, 0.3) is 0 Å². The van der Waals surface area contributed by atoms with Crippen LogP contribution in [-0.4, -0.2) is 36.2 Å². The van der Waals surface area contributed by atoms with Gasteiger partial charge in [-0.3, -0.25) is 4.79 Å². The molecule has 1 aromatic rings. The average molecular weight is 253 g/mol. The van der Waals surface area contributed by atoms with E-state index in [1.54, 1.807) is 14.0 Å². The molecule has 0 radical (unpaired) electrons. The lowest BCUT2D eigenvalue weighted by atomic mass is 9.89. The zero-order chi connectivity index (χ0) is 13.3. The summed E-state index contributed by atoms with van der Waals surface area (Å²) in [5.41, 5.74) is 5.26. The molecule has 1 amide bonds. The predicted molar refractivity (Wildman–Crippen MR) is 65.9 cm³/mol. The Labute approximate surface area is 106 Å². The van der Waals surface area contributed by atoms with Gasteiger partial charge in [0.05, 0.1) is 11.5 Å². The van der Waals surface area contributed by atoms with Crippen molar-refractivity contribution in [3.63, 3.8) is 0 Å². The number of amides is 1. The van der Waals surface area contributed by atoms with Crippen molar-refractivity contribution in [3.8, 4) is 0 Å². The molecule has 0 saturated carbocycles. The number of nitrogens with one attached hydrogen (secondary N) is 1. The predicted octanol–water partition coefficient (Wildman–Crippen LogP) is 0.0517. The van der Waals surface area contributed by atoms with Gasteiger partial charge in [-0.2, -0.15) is 0 Å². The van der Waals surface area contributed by atoms with Gasteiger partial charge in [-0.25, -0.2) is 0 Å². The van der Waals surface area contributed by atoms with Crippen LogP contribution in [0.1, 0.15) is 32.2 Å². The topological polar surface area (TPSA) is 97.3 Å². The Morgan fingerprint density at radius 1 is 1.61 bits per heavy atom. The number of nitrogens with zero attached hydrogens (tertiary/aromatic N) is 3. The number of aromatic nitrogens is 2. The standard InChI is InChI=1S/C11H19N5O2/c1-7(12)8-14-15-10(18-8)16-5-4-11(2,6-16)9(17)13-3/h7H,4-6,12H2,1-3H3,(H,13,17). The Hall–Kier alpha value is -1.63. The molecule has 7 heteroatoms. The second-order valence-electron chi connectivity index (χ2n) is 5.02. The molecule has 18 heavy (non-hydrogen) atoms. The Morgan fingerprint density at radius 2 is 2.33 bits per heavy atom. The first-order chi connectivity index (χ1) is 8.46. The van der Waals surface area contributed by atoms with Gasteiger partial charge in [0.1, 0.15) is 0 Å². The van der Waals surface area contributed by atoms with E-state index >= 15 is 0 Å². The molecule has 0 bridgehead atoms. The molecule has 1 aliphatic heterocycles. The van der Waals surface area contributed by atoms with E-state index in [9.17, 15) is 4.79 Å². The van der Waals surface area contributed by atoms with E-state index in [-0.39, 0.29) is 11.9 Å². The Morgan fingerprint density at radius 3 is 2.89 bits per heavy atom. The molecule has 2 heterocycles. The molecule has 1 aromatic heterocycles.